The molecule has 0 amide bonds. The number of aromatic nitrogens is 2. The van der Waals surface area contributed by atoms with Crippen LogP contribution in [0.1, 0.15) is 26.3 Å². The quantitative estimate of drug-likeness (QED) is 0.373. The molecule has 0 bridgehead atoms. The second-order valence-electron chi connectivity index (χ2n) is 8.91. The van der Waals surface area contributed by atoms with Crippen LogP contribution < -0.4 is 0 Å². The van der Waals surface area contributed by atoms with Gasteiger partial charge in [0.1, 0.15) is 0 Å². The zero-order chi connectivity index (χ0) is 21.6. The number of nitrogens with zero attached hydrogens (tertiary/aromatic N) is 2. The van der Waals surface area contributed by atoms with Crippen molar-refractivity contribution in [1.29, 1.82) is 0 Å². The van der Waals surface area contributed by atoms with Crippen molar-refractivity contribution in [2.24, 2.45) is 0 Å². The van der Waals surface area contributed by atoms with Crippen molar-refractivity contribution in [2.45, 2.75) is 59.0 Å². The van der Waals surface area contributed by atoms with Crippen molar-refractivity contribution in [3.05, 3.63) is 76.6 Å². The molecule has 2 aromatic rings. The average Bonchev–Trinajstić information content (AvgIpc) is 2.96. The first kappa shape index (κ1) is 25.0. The van der Waals surface area contributed by atoms with Crippen LogP contribution in [0.5, 0.6) is 0 Å². The van der Waals surface area contributed by atoms with Crippen molar-refractivity contribution in [3.8, 4) is 0 Å². The van der Waals surface area contributed by atoms with E-state index >= 15 is 0 Å². The van der Waals surface area contributed by atoms with E-state index in [1.54, 1.807) is 0 Å². The monoisotopic (exact) mass is 595 g/mol. The van der Waals surface area contributed by atoms with Gasteiger partial charge in [-0.3, -0.25) is 0 Å². The predicted molar refractivity (Wildman–Crippen MR) is 123 cm³/mol. The second-order valence-corrected chi connectivity index (χ2v) is 18.0. The Labute approximate surface area is 184 Å². The molecule has 28 heavy (non-hydrogen) atoms. The van der Waals surface area contributed by atoms with E-state index in [1.807, 2.05) is 11.4 Å². The normalized spacial score (nSPS) is 12.2. The average molecular weight is 596 g/mol. The fraction of sp³-hybridized carbons (Fsp3) is 0.409. The number of hydrogen-bond donors (Lipinski definition) is 0. The van der Waals surface area contributed by atoms with E-state index in [0.29, 0.717) is 0 Å². The molecule has 0 fully saturated rings. The molecule has 0 saturated carbocycles. The molecule has 1 aromatic carbocycles. The summed E-state index contributed by atoms with van der Waals surface area (Å²) < 4.78 is 11.8. The summed E-state index contributed by atoms with van der Waals surface area (Å²) in [6, 6.07) is 10.6. The van der Waals surface area contributed by atoms with Gasteiger partial charge in [-0.2, -0.15) is 0 Å². The maximum absolute atomic E-state index is 5.97. The Hall–Kier alpha value is -1.01. The summed E-state index contributed by atoms with van der Waals surface area (Å²) in [6.07, 6.45) is 4.31. The molecule has 0 atom stereocenters. The maximum atomic E-state index is 5.97. The van der Waals surface area contributed by atoms with Crippen LogP contribution in [0.15, 0.2) is 67.3 Å². The molecule has 0 saturated heterocycles. The third-order valence-electron chi connectivity index (χ3n) is 4.23. The summed E-state index contributed by atoms with van der Waals surface area (Å²) in [6.45, 7) is 23.8. The molecular weight excluding hydrogens is 560 g/mol. The van der Waals surface area contributed by atoms with Gasteiger partial charge in [-0.25, -0.2) is 0 Å². The summed E-state index contributed by atoms with van der Waals surface area (Å²) in [7, 11) is -3.16. The number of hydrogen-bond acceptors (Lipinski definition) is 1. The minimum absolute atomic E-state index is 0.138. The third-order valence-corrected chi connectivity index (χ3v) is 11.6. The van der Waals surface area contributed by atoms with E-state index in [4.69, 9.17) is 4.12 Å². The van der Waals surface area contributed by atoms with Crippen molar-refractivity contribution in [1.82, 2.24) is 9.13 Å². The molecule has 1 heterocycles. The molecule has 0 radical (unpaired) electrons. The number of imidazole rings is 1. The summed E-state index contributed by atoms with van der Waals surface area (Å²) in [5.41, 5.74) is 5.40. The van der Waals surface area contributed by atoms with Gasteiger partial charge in [-0.15, -0.1) is 13.2 Å². The first-order valence-electron chi connectivity index (χ1n) is 9.56. The molecule has 3 nitrogen and oxygen atoms in total. The Morgan fingerprint density at radius 1 is 0.964 bits per heavy atom. The van der Waals surface area contributed by atoms with Crippen LogP contribution in [-0.2, 0) is 35.6 Å². The van der Waals surface area contributed by atoms with Gasteiger partial charge in [0, 0.05) is 0 Å². The van der Waals surface area contributed by atoms with Gasteiger partial charge in [0.05, 0.1) is 0 Å². The molecule has 0 aliphatic carbocycles. The van der Waals surface area contributed by atoms with Gasteiger partial charge in [-0.05, 0) is 26.2 Å². The van der Waals surface area contributed by atoms with Crippen LogP contribution in [0.4, 0.5) is 0 Å². The fourth-order valence-electron chi connectivity index (χ4n) is 2.53. The standard InChI is InChI=1S/C14H18N2.C8H18OSi2.Pt/c1-14(2,3)16-10-9-15(12-16)11-13-7-5-4-6-8-13;1-7-10(3,4)9-11(5,6)8-2;/h4-10H,11H2,1-3H3;7-8H,1-2H2,3-6H3;. The van der Waals surface area contributed by atoms with Gasteiger partial charge in [-0.1, -0.05) is 11.4 Å². The molecule has 0 spiro atoms. The van der Waals surface area contributed by atoms with Crippen molar-refractivity contribution < 1.29 is 23.5 Å². The number of benzene rings is 1. The van der Waals surface area contributed by atoms with Crippen molar-refractivity contribution in [3.63, 3.8) is 0 Å². The summed E-state index contributed by atoms with van der Waals surface area (Å²) in [5, 5.41) is 0. The summed E-state index contributed by atoms with van der Waals surface area (Å²) in [4.78, 5) is 0. The van der Waals surface area contributed by atoms with E-state index in [-0.39, 0.29) is 5.54 Å². The first-order chi connectivity index (χ1) is 12.8. The van der Waals surface area contributed by atoms with E-state index in [0.717, 1.165) is 6.54 Å². The third kappa shape index (κ3) is 8.16. The molecule has 0 aliphatic heterocycles. The van der Waals surface area contributed by atoms with Crippen LogP contribution in [0, 0.1) is 3.80 Å². The van der Waals surface area contributed by atoms with Gasteiger partial charge >= 0.3 is 113 Å². The fourth-order valence-corrected chi connectivity index (χ4v) is 9.90. The van der Waals surface area contributed by atoms with Crippen molar-refractivity contribution in [2.75, 3.05) is 0 Å². The van der Waals surface area contributed by atoms with Gasteiger partial charge in [0.2, 0.25) is 0 Å². The Kier molecular flexibility index (Phi) is 9.07. The molecule has 6 heteroatoms. The van der Waals surface area contributed by atoms with E-state index in [1.165, 1.54) is 9.37 Å². The molecule has 0 N–H and O–H groups in total. The van der Waals surface area contributed by atoms with Crippen LogP contribution in [0.3, 0.4) is 0 Å². The van der Waals surface area contributed by atoms with Crippen LogP contribution in [0.25, 0.3) is 0 Å². The Bertz CT molecular complexity index is 812. The SMILES string of the molecule is C=C[Si](C)(C)O[Si](C)(C)C=C.CC(C)(C)n1ccn(Cc2ccccc2)[c]1=[Pt]. The van der Waals surface area contributed by atoms with E-state index in [9.17, 15) is 0 Å². The van der Waals surface area contributed by atoms with Crippen LogP contribution in [-0.4, -0.2) is 25.8 Å². The Morgan fingerprint density at radius 3 is 1.86 bits per heavy atom. The Morgan fingerprint density at radius 2 is 1.46 bits per heavy atom. The topological polar surface area (TPSA) is 19.1 Å². The van der Waals surface area contributed by atoms with Gasteiger partial charge < -0.3 is 4.12 Å². The molecule has 2 rings (SSSR count). The molecule has 158 valence electrons. The molecule has 0 unspecified atom stereocenters. The first-order valence-corrected chi connectivity index (χ1v) is 16.7. The van der Waals surface area contributed by atoms with Crippen molar-refractivity contribution >= 4 is 16.6 Å². The van der Waals surface area contributed by atoms with E-state index in [2.05, 4.69) is 131 Å². The summed E-state index contributed by atoms with van der Waals surface area (Å²) >= 11 is 2.40. The van der Waals surface area contributed by atoms with Gasteiger partial charge in [0.15, 0.2) is 16.6 Å². The molecule has 0 aliphatic rings. The minimum atomic E-state index is -1.58. The van der Waals surface area contributed by atoms with E-state index < -0.39 is 16.6 Å². The van der Waals surface area contributed by atoms with Crippen LogP contribution >= 0.6 is 0 Å². The second kappa shape index (κ2) is 10.2. The van der Waals surface area contributed by atoms with Gasteiger partial charge in [0.25, 0.3) is 0 Å². The number of rotatable bonds is 6. The zero-order valence-electron chi connectivity index (χ0n) is 18.4. The summed E-state index contributed by atoms with van der Waals surface area (Å²) in [5.74, 6) is 0. The molecular formula is C22H36N2OPtSi2. The Balaban J connectivity index is 0.000000311. The predicted octanol–water partition coefficient (Wildman–Crippen LogP) is 6.04. The van der Waals surface area contributed by atoms with Crippen LogP contribution in [0.2, 0.25) is 26.2 Å². The zero-order valence-corrected chi connectivity index (χ0v) is 22.7. The molecule has 1 aromatic heterocycles.